The van der Waals surface area contributed by atoms with Crippen molar-refractivity contribution in [3.63, 3.8) is 0 Å². The zero-order valence-corrected chi connectivity index (χ0v) is 12.5. The van der Waals surface area contributed by atoms with Crippen molar-refractivity contribution in [1.29, 1.82) is 10.5 Å². The third-order valence-corrected chi connectivity index (χ3v) is 3.06. The molecule has 0 heterocycles. The van der Waals surface area contributed by atoms with Crippen LogP contribution in [0.5, 0.6) is 0 Å². The number of rotatable bonds is 4. The normalized spacial score (nSPS) is 12.1. The van der Waals surface area contributed by atoms with E-state index in [4.69, 9.17) is 20.0 Å². The number of carbonyl (C=O) groups is 2. The third-order valence-electron chi connectivity index (χ3n) is 3.06. The van der Waals surface area contributed by atoms with Gasteiger partial charge in [-0.3, -0.25) is 0 Å². The quantitative estimate of drug-likeness (QED) is 0.634. The molecule has 6 heteroatoms. The molecule has 0 aliphatic heterocycles. The zero-order valence-electron chi connectivity index (χ0n) is 12.5. The number of benzene rings is 2. The van der Waals surface area contributed by atoms with Crippen LogP contribution in [-0.2, 0) is 19.1 Å². The highest BCUT2D eigenvalue weighted by molar-refractivity contribution is 6.29. The third kappa shape index (κ3) is 4.19. The zero-order chi connectivity index (χ0) is 17.4. The van der Waals surface area contributed by atoms with Crippen LogP contribution in [-0.4, -0.2) is 11.9 Å². The van der Waals surface area contributed by atoms with Gasteiger partial charge in [0.25, 0.3) is 0 Å². The van der Waals surface area contributed by atoms with Gasteiger partial charge in [0.05, 0.1) is 0 Å². The van der Waals surface area contributed by atoms with Gasteiger partial charge in [0.15, 0.2) is 0 Å². The van der Waals surface area contributed by atoms with E-state index in [2.05, 4.69) is 0 Å². The first-order chi connectivity index (χ1) is 11.7. The van der Waals surface area contributed by atoms with Crippen molar-refractivity contribution in [3.8, 4) is 12.1 Å². The Bertz CT molecular complexity index is 722. The Morgan fingerprint density at radius 2 is 1.04 bits per heavy atom. The summed E-state index contributed by atoms with van der Waals surface area (Å²) in [4.78, 5) is 23.6. The van der Waals surface area contributed by atoms with Crippen LogP contribution in [0.15, 0.2) is 60.7 Å². The molecular formula is C18H12N2O4. The number of carbonyl (C=O) groups excluding carboxylic acids is 2. The summed E-state index contributed by atoms with van der Waals surface area (Å²) in [6.07, 6.45) is -2.47. The number of nitrogens with zero attached hydrogens (tertiary/aromatic N) is 2. The van der Waals surface area contributed by atoms with Gasteiger partial charge < -0.3 is 9.47 Å². The molecule has 0 amide bonds. The van der Waals surface area contributed by atoms with Gasteiger partial charge in [0, 0.05) is 11.1 Å². The van der Waals surface area contributed by atoms with E-state index in [0.717, 1.165) is 0 Å². The maximum absolute atomic E-state index is 11.8. The smallest absolute Gasteiger partial charge is 0.419 e. The molecule has 0 N–H and O–H groups in total. The molecule has 0 fully saturated rings. The van der Waals surface area contributed by atoms with Crippen LogP contribution in [0.3, 0.4) is 0 Å². The van der Waals surface area contributed by atoms with Gasteiger partial charge in [-0.2, -0.15) is 10.5 Å². The van der Waals surface area contributed by atoms with E-state index >= 15 is 0 Å². The van der Waals surface area contributed by atoms with Gasteiger partial charge >= 0.3 is 11.9 Å². The molecule has 0 saturated heterocycles. The van der Waals surface area contributed by atoms with Gasteiger partial charge in [0.2, 0.25) is 12.2 Å². The van der Waals surface area contributed by atoms with Crippen molar-refractivity contribution < 1.29 is 19.1 Å². The molecule has 0 aliphatic rings. The second-order valence-electron chi connectivity index (χ2n) is 4.65. The molecule has 0 radical (unpaired) electrons. The monoisotopic (exact) mass is 320 g/mol. The van der Waals surface area contributed by atoms with Crippen molar-refractivity contribution in [2.45, 2.75) is 12.2 Å². The summed E-state index contributed by atoms with van der Waals surface area (Å²) in [7, 11) is 0. The highest BCUT2D eigenvalue weighted by Gasteiger charge is 2.27. The summed E-state index contributed by atoms with van der Waals surface area (Å²) in [5, 5.41) is 18.2. The van der Waals surface area contributed by atoms with Gasteiger partial charge in [-0.1, -0.05) is 60.7 Å². The SMILES string of the molecule is N#C[C@H](OC(=O)C(=O)O[C@H](C#N)c1ccccc1)c1ccccc1. The maximum Gasteiger partial charge on any atom is 0.419 e. The summed E-state index contributed by atoms with van der Waals surface area (Å²) in [5.74, 6) is -2.66. The Labute approximate surface area is 138 Å². The van der Waals surface area contributed by atoms with Crippen molar-refractivity contribution in [3.05, 3.63) is 71.8 Å². The van der Waals surface area contributed by atoms with Crippen molar-refractivity contribution in [2.75, 3.05) is 0 Å². The van der Waals surface area contributed by atoms with Crippen molar-refractivity contribution in [2.24, 2.45) is 0 Å². The van der Waals surface area contributed by atoms with E-state index in [-0.39, 0.29) is 0 Å². The first-order valence-corrected chi connectivity index (χ1v) is 6.96. The van der Waals surface area contributed by atoms with Crippen LogP contribution < -0.4 is 0 Å². The minimum atomic E-state index is -1.33. The topological polar surface area (TPSA) is 100 Å². The average molecular weight is 320 g/mol. The largest absolute Gasteiger partial charge is 0.434 e. The Hall–Kier alpha value is -3.64. The molecule has 2 rings (SSSR count). The molecule has 24 heavy (non-hydrogen) atoms. The molecule has 0 aromatic heterocycles. The highest BCUT2D eigenvalue weighted by atomic mass is 16.6. The van der Waals surface area contributed by atoms with E-state index in [9.17, 15) is 9.59 Å². The summed E-state index contributed by atoms with van der Waals surface area (Å²) >= 11 is 0. The Balaban J connectivity index is 2.03. The molecule has 0 bridgehead atoms. The van der Waals surface area contributed by atoms with E-state index in [1.807, 2.05) is 0 Å². The van der Waals surface area contributed by atoms with Gasteiger partial charge in [-0.15, -0.1) is 0 Å². The van der Waals surface area contributed by atoms with Crippen LogP contribution in [0.2, 0.25) is 0 Å². The lowest BCUT2D eigenvalue weighted by atomic mass is 10.1. The minimum Gasteiger partial charge on any atom is -0.434 e. The second kappa shape index (κ2) is 8.11. The molecule has 0 unspecified atom stereocenters. The fourth-order valence-electron chi connectivity index (χ4n) is 1.90. The summed E-state index contributed by atoms with van der Waals surface area (Å²) in [6, 6.07) is 20.1. The van der Waals surface area contributed by atoms with Gasteiger partial charge in [-0.05, 0) is 0 Å². The number of ether oxygens (including phenoxy) is 2. The van der Waals surface area contributed by atoms with E-state index in [1.165, 1.54) is 0 Å². The minimum absolute atomic E-state index is 0.432. The number of nitriles is 2. The predicted octanol–water partition coefficient (Wildman–Crippen LogP) is 2.60. The van der Waals surface area contributed by atoms with Gasteiger partial charge in [0.1, 0.15) is 12.1 Å². The molecule has 0 spiro atoms. The Morgan fingerprint density at radius 1 is 0.708 bits per heavy atom. The highest BCUT2D eigenvalue weighted by Crippen LogP contribution is 2.19. The van der Waals surface area contributed by atoms with Crippen LogP contribution >= 0.6 is 0 Å². The fourth-order valence-corrected chi connectivity index (χ4v) is 1.90. The molecule has 0 saturated carbocycles. The number of hydrogen-bond acceptors (Lipinski definition) is 6. The molecule has 2 atom stereocenters. The van der Waals surface area contributed by atoms with Crippen molar-refractivity contribution in [1.82, 2.24) is 0 Å². The lowest BCUT2D eigenvalue weighted by Crippen LogP contribution is -2.23. The summed E-state index contributed by atoms with van der Waals surface area (Å²) in [5.41, 5.74) is 0.863. The Kier molecular flexibility index (Phi) is 5.65. The fraction of sp³-hybridized carbons (Fsp3) is 0.111. The first-order valence-electron chi connectivity index (χ1n) is 6.96. The molecule has 0 aliphatic carbocycles. The molecular weight excluding hydrogens is 308 g/mol. The van der Waals surface area contributed by atoms with E-state index in [1.54, 1.807) is 72.8 Å². The predicted molar refractivity (Wildman–Crippen MR) is 81.8 cm³/mol. The maximum atomic E-state index is 11.8. The standard InChI is InChI=1S/C18H12N2O4/c19-11-15(13-7-3-1-4-8-13)23-17(21)18(22)24-16(12-20)14-9-5-2-6-10-14/h1-10,15-16H/t15-,16+. The molecule has 2 aromatic rings. The number of hydrogen-bond donors (Lipinski definition) is 0. The first kappa shape index (κ1) is 16.7. The van der Waals surface area contributed by atoms with E-state index in [0.29, 0.717) is 11.1 Å². The van der Waals surface area contributed by atoms with Crippen LogP contribution in [0.1, 0.15) is 23.3 Å². The second-order valence-corrected chi connectivity index (χ2v) is 4.65. The molecule has 2 aromatic carbocycles. The van der Waals surface area contributed by atoms with Gasteiger partial charge in [-0.25, -0.2) is 9.59 Å². The summed E-state index contributed by atoms with van der Waals surface area (Å²) < 4.78 is 9.69. The Morgan fingerprint density at radius 3 is 1.33 bits per heavy atom. The average Bonchev–Trinajstić information content (AvgIpc) is 2.65. The lowest BCUT2D eigenvalue weighted by molar-refractivity contribution is -0.171. The molecule has 6 nitrogen and oxygen atoms in total. The molecule has 118 valence electrons. The van der Waals surface area contributed by atoms with E-state index < -0.39 is 24.1 Å². The lowest BCUT2D eigenvalue weighted by Gasteiger charge is -2.13. The van der Waals surface area contributed by atoms with Crippen molar-refractivity contribution >= 4 is 11.9 Å². The number of esters is 2. The summed E-state index contributed by atoms with van der Waals surface area (Å²) in [6.45, 7) is 0. The van der Waals surface area contributed by atoms with Crippen LogP contribution in [0.25, 0.3) is 0 Å². The van der Waals surface area contributed by atoms with Crippen LogP contribution in [0, 0.1) is 22.7 Å². The van der Waals surface area contributed by atoms with Crippen LogP contribution in [0.4, 0.5) is 0 Å².